The molecule has 0 aliphatic carbocycles. The number of aryl methyl sites for hydroxylation is 1. The second-order valence-corrected chi connectivity index (χ2v) is 3.72. The van der Waals surface area contributed by atoms with Gasteiger partial charge in [0.05, 0.1) is 23.9 Å². The molecule has 0 bridgehead atoms. The molecule has 1 N–H and O–H groups in total. The van der Waals surface area contributed by atoms with Gasteiger partial charge in [0.2, 0.25) is 0 Å². The van der Waals surface area contributed by atoms with Gasteiger partial charge in [0.15, 0.2) is 0 Å². The molecule has 5 heteroatoms. The summed E-state index contributed by atoms with van der Waals surface area (Å²) in [5.41, 5.74) is 1.87. The van der Waals surface area contributed by atoms with Crippen LogP contribution >= 0.6 is 0 Å². The number of aliphatic hydroxyl groups is 1. The number of unbranched alkanes of at least 4 members (excludes halogenated alkanes) is 1. The first-order valence-electron chi connectivity index (χ1n) is 5.72. The van der Waals surface area contributed by atoms with Crippen LogP contribution in [0.25, 0.3) is 0 Å². The molecule has 16 heavy (non-hydrogen) atoms. The molecule has 0 atom stereocenters. The van der Waals surface area contributed by atoms with Crippen LogP contribution in [0.5, 0.6) is 0 Å². The fraction of sp³-hybridized carbons (Fsp3) is 0.727. The summed E-state index contributed by atoms with van der Waals surface area (Å²) >= 11 is 0. The summed E-state index contributed by atoms with van der Waals surface area (Å²) < 4.78 is 1.87. The largest absolute Gasteiger partial charge is 0.396 e. The molecule has 0 aliphatic heterocycles. The van der Waals surface area contributed by atoms with Gasteiger partial charge in [0, 0.05) is 13.2 Å². The van der Waals surface area contributed by atoms with E-state index >= 15 is 0 Å². The summed E-state index contributed by atoms with van der Waals surface area (Å²) in [6.45, 7) is 3.08. The number of nitrogens with zero attached hydrogens (tertiary/aromatic N) is 4. The van der Waals surface area contributed by atoms with Crippen molar-refractivity contribution in [2.24, 2.45) is 0 Å². The minimum absolute atomic E-state index is 0.211. The van der Waals surface area contributed by atoms with Gasteiger partial charge in [-0.2, -0.15) is 5.26 Å². The van der Waals surface area contributed by atoms with Crippen molar-refractivity contribution >= 4 is 0 Å². The lowest BCUT2D eigenvalue weighted by atomic mass is 10.1. The van der Waals surface area contributed by atoms with Crippen LogP contribution in [-0.2, 0) is 19.4 Å². The van der Waals surface area contributed by atoms with E-state index in [1.54, 1.807) is 0 Å². The summed E-state index contributed by atoms with van der Waals surface area (Å²) in [6.07, 6.45) is 3.92. The van der Waals surface area contributed by atoms with Crippen molar-refractivity contribution in [3.05, 3.63) is 11.4 Å². The Hall–Kier alpha value is -1.41. The molecule has 0 saturated heterocycles. The first kappa shape index (κ1) is 12.7. The van der Waals surface area contributed by atoms with Crippen molar-refractivity contribution in [1.82, 2.24) is 15.0 Å². The molecule has 5 nitrogen and oxygen atoms in total. The highest BCUT2D eigenvalue weighted by atomic mass is 16.2. The van der Waals surface area contributed by atoms with Crippen LogP contribution in [0, 0.1) is 11.3 Å². The van der Waals surface area contributed by atoms with Gasteiger partial charge in [-0.15, -0.1) is 5.10 Å². The molecule has 1 aromatic rings. The van der Waals surface area contributed by atoms with E-state index in [1.807, 2.05) is 4.68 Å². The van der Waals surface area contributed by atoms with Crippen LogP contribution in [0.4, 0.5) is 0 Å². The molecule has 1 rings (SSSR count). The summed E-state index contributed by atoms with van der Waals surface area (Å²) in [5, 5.41) is 25.5. The molecule has 0 aromatic carbocycles. The first-order chi connectivity index (χ1) is 7.83. The standard InChI is InChI=1S/C11H18N4O/c1-2-5-11-10(6-7-12)13-14-15(11)8-3-4-9-16/h16H,2-6,8-9H2,1H3. The topological polar surface area (TPSA) is 74.7 Å². The zero-order valence-corrected chi connectivity index (χ0v) is 9.69. The van der Waals surface area contributed by atoms with Gasteiger partial charge < -0.3 is 5.11 Å². The Morgan fingerprint density at radius 1 is 1.44 bits per heavy atom. The monoisotopic (exact) mass is 222 g/mol. The van der Waals surface area contributed by atoms with E-state index in [1.165, 1.54) is 0 Å². The average Bonchev–Trinajstić information content (AvgIpc) is 2.64. The Morgan fingerprint density at radius 2 is 2.25 bits per heavy atom. The number of nitriles is 1. The van der Waals surface area contributed by atoms with Crippen LogP contribution < -0.4 is 0 Å². The number of rotatable bonds is 7. The van der Waals surface area contributed by atoms with E-state index in [2.05, 4.69) is 23.3 Å². The van der Waals surface area contributed by atoms with E-state index in [0.717, 1.165) is 43.6 Å². The minimum atomic E-state index is 0.211. The average molecular weight is 222 g/mol. The lowest BCUT2D eigenvalue weighted by Gasteiger charge is -2.05. The van der Waals surface area contributed by atoms with Crippen LogP contribution in [0.1, 0.15) is 37.6 Å². The van der Waals surface area contributed by atoms with Crippen LogP contribution in [0.2, 0.25) is 0 Å². The maximum Gasteiger partial charge on any atom is 0.0999 e. The molecule has 1 aromatic heterocycles. The molecule has 0 fully saturated rings. The predicted octanol–water partition coefficient (Wildman–Crippen LogP) is 1.07. The van der Waals surface area contributed by atoms with Crippen molar-refractivity contribution in [3.63, 3.8) is 0 Å². The van der Waals surface area contributed by atoms with Gasteiger partial charge in [-0.3, -0.25) is 0 Å². The summed E-state index contributed by atoms with van der Waals surface area (Å²) in [6, 6.07) is 2.11. The Balaban J connectivity index is 2.71. The third kappa shape index (κ3) is 3.31. The van der Waals surface area contributed by atoms with Gasteiger partial charge in [-0.25, -0.2) is 4.68 Å². The summed E-state index contributed by atoms with van der Waals surface area (Å²) in [5.74, 6) is 0. The smallest absolute Gasteiger partial charge is 0.0999 e. The molecular weight excluding hydrogens is 204 g/mol. The Morgan fingerprint density at radius 3 is 2.88 bits per heavy atom. The highest BCUT2D eigenvalue weighted by molar-refractivity contribution is 5.14. The van der Waals surface area contributed by atoms with Gasteiger partial charge in [0.1, 0.15) is 0 Å². The lowest BCUT2D eigenvalue weighted by Crippen LogP contribution is -2.07. The third-order valence-electron chi connectivity index (χ3n) is 2.43. The Kier molecular flexibility index (Phi) is 5.51. The van der Waals surface area contributed by atoms with Crippen molar-refractivity contribution in [2.45, 2.75) is 45.6 Å². The van der Waals surface area contributed by atoms with E-state index in [4.69, 9.17) is 10.4 Å². The molecular formula is C11H18N4O. The molecule has 0 amide bonds. The summed E-state index contributed by atoms with van der Waals surface area (Å²) in [4.78, 5) is 0. The molecule has 0 unspecified atom stereocenters. The Labute approximate surface area is 95.7 Å². The zero-order chi connectivity index (χ0) is 11.8. The zero-order valence-electron chi connectivity index (χ0n) is 9.69. The predicted molar refractivity (Wildman–Crippen MR) is 59.7 cm³/mol. The molecule has 88 valence electrons. The van der Waals surface area contributed by atoms with Gasteiger partial charge in [-0.1, -0.05) is 18.6 Å². The number of aromatic nitrogens is 3. The third-order valence-corrected chi connectivity index (χ3v) is 2.43. The molecule has 0 radical (unpaired) electrons. The van der Waals surface area contributed by atoms with Gasteiger partial charge in [-0.05, 0) is 19.3 Å². The SMILES string of the molecule is CCCc1c(CC#N)nnn1CCCCO. The van der Waals surface area contributed by atoms with Crippen molar-refractivity contribution in [2.75, 3.05) is 6.61 Å². The second kappa shape index (κ2) is 6.96. The lowest BCUT2D eigenvalue weighted by molar-refractivity contribution is 0.279. The van der Waals surface area contributed by atoms with Crippen molar-refractivity contribution in [3.8, 4) is 6.07 Å². The van der Waals surface area contributed by atoms with E-state index in [-0.39, 0.29) is 6.61 Å². The van der Waals surface area contributed by atoms with Crippen LogP contribution in [-0.4, -0.2) is 26.7 Å². The van der Waals surface area contributed by atoms with E-state index in [9.17, 15) is 0 Å². The summed E-state index contributed by atoms with van der Waals surface area (Å²) in [7, 11) is 0. The maximum absolute atomic E-state index is 8.72. The fourth-order valence-corrected chi connectivity index (χ4v) is 1.64. The van der Waals surface area contributed by atoms with Crippen LogP contribution in [0.15, 0.2) is 0 Å². The van der Waals surface area contributed by atoms with Gasteiger partial charge >= 0.3 is 0 Å². The number of aliphatic hydroxyl groups excluding tert-OH is 1. The van der Waals surface area contributed by atoms with Crippen molar-refractivity contribution < 1.29 is 5.11 Å². The van der Waals surface area contributed by atoms with E-state index < -0.39 is 0 Å². The fourth-order valence-electron chi connectivity index (χ4n) is 1.64. The molecule has 0 spiro atoms. The van der Waals surface area contributed by atoms with E-state index in [0.29, 0.717) is 6.42 Å². The Bertz CT molecular complexity index is 353. The quantitative estimate of drug-likeness (QED) is 0.700. The maximum atomic E-state index is 8.72. The highest BCUT2D eigenvalue weighted by Gasteiger charge is 2.11. The molecule has 0 aliphatic rings. The number of hydrogen-bond acceptors (Lipinski definition) is 4. The second-order valence-electron chi connectivity index (χ2n) is 3.72. The normalized spacial score (nSPS) is 10.3. The van der Waals surface area contributed by atoms with Crippen LogP contribution in [0.3, 0.4) is 0 Å². The molecule has 0 saturated carbocycles. The van der Waals surface area contributed by atoms with Crippen molar-refractivity contribution in [1.29, 1.82) is 5.26 Å². The highest BCUT2D eigenvalue weighted by Crippen LogP contribution is 2.10. The molecule has 1 heterocycles. The minimum Gasteiger partial charge on any atom is -0.396 e. The van der Waals surface area contributed by atoms with Gasteiger partial charge in [0.25, 0.3) is 0 Å². The number of hydrogen-bond donors (Lipinski definition) is 1. The first-order valence-corrected chi connectivity index (χ1v) is 5.72.